The minimum atomic E-state index is 0.109. The van der Waals surface area contributed by atoms with Crippen molar-refractivity contribution in [1.29, 1.82) is 0 Å². The summed E-state index contributed by atoms with van der Waals surface area (Å²) in [4.78, 5) is 0. The lowest BCUT2D eigenvalue weighted by Gasteiger charge is -2.05. The first-order valence-electron chi connectivity index (χ1n) is 8.38. The van der Waals surface area contributed by atoms with Gasteiger partial charge in [0.1, 0.15) is 0 Å². The van der Waals surface area contributed by atoms with Gasteiger partial charge in [-0.05, 0) is 41.8 Å². The number of benzene rings is 2. The molecular weight excluding hydrogens is 340 g/mol. The molecule has 0 unspecified atom stereocenters. The SMILES string of the molecule is C=C(C=Cc1ccc(O)c(OC)c1)CC(=C)C=Cc1ccc(O)c(OC)c1. The van der Waals surface area contributed by atoms with E-state index in [2.05, 4.69) is 13.2 Å². The van der Waals surface area contributed by atoms with E-state index in [-0.39, 0.29) is 11.5 Å². The topological polar surface area (TPSA) is 58.9 Å². The van der Waals surface area contributed by atoms with Crippen molar-refractivity contribution in [3.63, 3.8) is 0 Å². The monoisotopic (exact) mass is 364 g/mol. The molecule has 2 N–H and O–H groups in total. The van der Waals surface area contributed by atoms with Crippen LogP contribution in [0.15, 0.2) is 72.9 Å². The molecule has 0 amide bonds. The summed E-state index contributed by atoms with van der Waals surface area (Å²) >= 11 is 0. The van der Waals surface area contributed by atoms with Gasteiger partial charge < -0.3 is 19.7 Å². The van der Waals surface area contributed by atoms with E-state index in [0.717, 1.165) is 22.3 Å². The zero-order chi connectivity index (χ0) is 19.8. The van der Waals surface area contributed by atoms with Crippen molar-refractivity contribution in [3.8, 4) is 23.0 Å². The molecule has 0 aliphatic rings. The van der Waals surface area contributed by atoms with Gasteiger partial charge in [0.05, 0.1) is 14.2 Å². The lowest BCUT2D eigenvalue weighted by Crippen LogP contribution is -1.85. The number of allylic oxidation sites excluding steroid dienone is 4. The number of phenols is 2. The molecule has 27 heavy (non-hydrogen) atoms. The van der Waals surface area contributed by atoms with Crippen molar-refractivity contribution >= 4 is 12.2 Å². The molecule has 0 aliphatic carbocycles. The third-order valence-corrected chi connectivity index (χ3v) is 3.88. The Morgan fingerprint density at radius 3 is 1.59 bits per heavy atom. The van der Waals surface area contributed by atoms with E-state index in [0.29, 0.717) is 17.9 Å². The Morgan fingerprint density at radius 2 is 1.22 bits per heavy atom. The molecule has 0 aliphatic heterocycles. The first kappa shape index (κ1) is 19.9. The molecule has 4 heteroatoms. The highest BCUT2D eigenvalue weighted by atomic mass is 16.5. The van der Waals surface area contributed by atoms with Crippen LogP contribution in [0.5, 0.6) is 23.0 Å². The van der Waals surface area contributed by atoms with Crippen molar-refractivity contribution in [3.05, 3.63) is 84.0 Å². The van der Waals surface area contributed by atoms with Crippen molar-refractivity contribution in [2.75, 3.05) is 14.2 Å². The van der Waals surface area contributed by atoms with Crippen LogP contribution < -0.4 is 9.47 Å². The maximum atomic E-state index is 9.62. The summed E-state index contributed by atoms with van der Waals surface area (Å²) in [6.45, 7) is 8.10. The normalized spacial score (nSPS) is 11.0. The number of ether oxygens (including phenoxy) is 2. The van der Waals surface area contributed by atoms with E-state index in [1.165, 1.54) is 14.2 Å². The van der Waals surface area contributed by atoms with E-state index in [1.807, 2.05) is 24.3 Å². The molecule has 0 atom stereocenters. The Balaban J connectivity index is 1.96. The van der Waals surface area contributed by atoms with Crippen LogP contribution in [0.1, 0.15) is 17.5 Å². The Hall–Kier alpha value is -3.40. The average Bonchev–Trinajstić information content (AvgIpc) is 2.66. The molecule has 140 valence electrons. The second-order valence-electron chi connectivity index (χ2n) is 6.02. The Morgan fingerprint density at radius 1 is 0.815 bits per heavy atom. The van der Waals surface area contributed by atoms with Crippen LogP contribution >= 0.6 is 0 Å². The molecule has 2 aromatic rings. The van der Waals surface area contributed by atoms with E-state index in [9.17, 15) is 10.2 Å². The number of phenolic OH excluding ortho intramolecular Hbond substituents is 2. The van der Waals surface area contributed by atoms with Gasteiger partial charge in [-0.1, -0.05) is 60.7 Å². The highest BCUT2D eigenvalue weighted by Crippen LogP contribution is 2.28. The summed E-state index contributed by atoms with van der Waals surface area (Å²) in [7, 11) is 3.03. The first-order valence-corrected chi connectivity index (χ1v) is 8.38. The minimum Gasteiger partial charge on any atom is -0.504 e. The van der Waals surface area contributed by atoms with E-state index < -0.39 is 0 Å². The summed E-state index contributed by atoms with van der Waals surface area (Å²) in [5.41, 5.74) is 3.62. The molecule has 0 heterocycles. The highest BCUT2D eigenvalue weighted by molar-refractivity contribution is 5.59. The van der Waals surface area contributed by atoms with Gasteiger partial charge in [0.15, 0.2) is 23.0 Å². The lowest BCUT2D eigenvalue weighted by atomic mass is 10.0. The van der Waals surface area contributed by atoms with Crippen LogP contribution in [0, 0.1) is 0 Å². The fraction of sp³-hybridized carbons (Fsp3) is 0.130. The number of hydrogen-bond acceptors (Lipinski definition) is 4. The van der Waals surface area contributed by atoms with Crippen molar-refractivity contribution < 1.29 is 19.7 Å². The molecule has 2 aromatic carbocycles. The van der Waals surface area contributed by atoms with Gasteiger partial charge in [0, 0.05) is 0 Å². The summed E-state index contributed by atoms with van der Waals surface area (Å²) < 4.78 is 10.2. The predicted octanol–water partition coefficient (Wildman–Crippen LogP) is 5.34. The fourth-order valence-electron chi connectivity index (χ4n) is 2.43. The zero-order valence-corrected chi connectivity index (χ0v) is 15.6. The fourth-order valence-corrected chi connectivity index (χ4v) is 2.43. The molecule has 0 spiro atoms. The van der Waals surface area contributed by atoms with Crippen LogP contribution in [-0.4, -0.2) is 24.4 Å². The molecule has 0 bridgehead atoms. The molecule has 0 aromatic heterocycles. The number of rotatable bonds is 8. The van der Waals surface area contributed by atoms with Crippen LogP contribution in [0.4, 0.5) is 0 Å². The van der Waals surface area contributed by atoms with Gasteiger partial charge in [-0.2, -0.15) is 0 Å². The van der Waals surface area contributed by atoms with Gasteiger partial charge in [-0.15, -0.1) is 0 Å². The minimum absolute atomic E-state index is 0.109. The van der Waals surface area contributed by atoms with Crippen LogP contribution in [0.3, 0.4) is 0 Å². The maximum absolute atomic E-state index is 9.62. The molecule has 4 nitrogen and oxygen atoms in total. The number of methoxy groups -OCH3 is 2. The van der Waals surface area contributed by atoms with Gasteiger partial charge in [-0.3, -0.25) is 0 Å². The quantitative estimate of drug-likeness (QED) is 0.621. The Labute approximate surface area is 160 Å². The third kappa shape index (κ3) is 5.82. The lowest BCUT2D eigenvalue weighted by molar-refractivity contribution is 0.373. The van der Waals surface area contributed by atoms with Gasteiger partial charge in [0.2, 0.25) is 0 Å². The molecule has 2 rings (SSSR count). The summed E-state index contributed by atoms with van der Waals surface area (Å²) in [6, 6.07) is 10.3. The van der Waals surface area contributed by atoms with Gasteiger partial charge in [0.25, 0.3) is 0 Å². The summed E-state index contributed by atoms with van der Waals surface area (Å²) in [6.07, 6.45) is 8.26. The highest BCUT2D eigenvalue weighted by Gasteiger charge is 2.02. The van der Waals surface area contributed by atoms with E-state index >= 15 is 0 Å². The predicted molar refractivity (Wildman–Crippen MR) is 110 cm³/mol. The van der Waals surface area contributed by atoms with Crippen molar-refractivity contribution in [2.45, 2.75) is 6.42 Å². The van der Waals surface area contributed by atoms with Gasteiger partial charge >= 0.3 is 0 Å². The molecule has 0 saturated heterocycles. The van der Waals surface area contributed by atoms with E-state index in [4.69, 9.17) is 9.47 Å². The van der Waals surface area contributed by atoms with Crippen LogP contribution in [0.25, 0.3) is 12.2 Å². The average molecular weight is 364 g/mol. The standard InChI is InChI=1S/C23H24O4/c1-16(5-7-18-9-11-20(24)22(14-18)26-3)13-17(2)6-8-19-10-12-21(25)23(15-19)27-4/h5-12,14-15,24-25H,1-2,13H2,3-4H3. The summed E-state index contributed by atoms with van der Waals surface area (Å²) in [5.74, 6) is 1.08. The Kier molecular flexibility index (Phi) is 6.89. The van der Waals surface area contributed by atoms with Crippen LogP contribution in [0.2, 0.25) is 0 Å². The maximum Gasteiger partial charge on any atom is 0.161 e. The van der Waals surface area contributed by atoms with E-state index in [1.54, 1.807) is 36.4 Å². The second kappa shape index (κ2) is 9.34. The molecule has 0 radical (unpaired) electrons. The van der Waals surface area contributed by atoms with Crippen molar-refractivity contribution in [1.82, 2.24) is 0 Å². The third-order valence-electron chi connectivity index (χ3n) is 3.88. The second-order valence-corrected chi connectivity index (χ2v) is 6.02. The zero-order valence-electron chi connectivity index (χ0n) is 15.6. The molecule has 0 fully saturated rings. The molecule has 0 saturated carbocycles. The van der Waals surface area contributed by atoms with Gasteiger partial charge in [-0.25, -0.2) is 0 Å². The Bertz CT molecular complexity index is 818. The molecular formula is C23H24O4. The smallest absolute Gasteiger partial charge is 0.161 e. The summed E-state index contributed by atoms with van der Waals surface area (Å²) in [5, 5.41) is 19.2. The van der Waals surface area contributed by atoms with Crippen LogP contribution in [-0.2, 0) is 0 Å². The first-order chi connectivity index (χ1) is 12.9. The largest absolute Gasteiger partial charge is 0.504 e. The van der Waals surface area contributed by atoms with Crippen molar-refractivity contribution in [2.24, 2.45) is 0 Å². The number of aromatic hydroxyl groups is 2. The number of hydrogen-bond donors (Lipinski definition) is 2.